The van der Waals surface area contributed by atoms with Gasteiger partial charge in [-0.1, -0.05) is 0 Å². The molecule has 1 atom stereocenters. The van der Waals surface area contributed by atoms with Gasteiger partial charge >= 0.3 is 0 Å². The Labute approximate surface area is 146 Å². The first-order valence-corrected chi connectivity index (χ1v) is 9.40. The van der Waals surface area contributed by atoms with Crippen molar-refractivity contribution in [1.29, 1.82) is 0 Å². The molecule has 3 heterocycles. The molecule has 0 bridgehead atoms. The van der Waals surface area contributed by atoms with Gasteiger partial charge in [0.15, 0.2) is 0 Å². The van der Waals surface area contributed by atoms with Crippen molar-refractivity contribution in [2.45, 2.75) is 38.8 Å². The summed E-state index contributed by atoms with van der Waals surface area (Å²) in [4.78, 5) is 27.9. The normalized spacial score (nSPS) is 21.8. The Balaban J connectivity index is 1.52. The molecule has 2 fully saturated rings. The van der Waals surface area contributed by atoms with E-state index in [9.17, 15) is 9.59 Å². The first kappa shape index (κ1) is 17.0. The van der Waals surface area contributed by atoms with Crippen molar-refractivity contribution in [3.05, 3.63) is 17.8 Å². The van der Waals surface area contributed by atoms with E-state index in [-0.39, 0.29) is 17.9 Å². The zero-order valence-corrected chi connectivity index (χ0v) is 14.9. The third kappa shape index (κ3) is 3.80. The minimum atomic E-state index is -0.292. The average Bonchev–Trinajstić information content (AvgIpc) is 3.07. The molecule has 3 rings (SSSR count). The van der Waals surface area contributed by atoms with Crippen LogP contribution in [0.5, 0.6) is 0 Å². The van der Waals surface area contributed by atoms with E-state index in [1.165, 1.54) is 6.92 Å². The maximum Gasteiger partial charge on any atom is 0.246 e. The number of hydrogen-bond donors (Lipinski definition) is 1. The molecule has 24 heavy (non-hydrogen) atoms. The van der Waals surface area contributed by atoms with Crippen molar-refractivity contribution in [1.82, 2.24) is 20.0 Å². The van der Waals surface area contributed by atoms with Crippen LogP contribution in [-0.2, 0) is 9.59 Å². The number of amides is 2. The fourth-order valence-corrected chi connectivity index (χ4v) is 4.31. The van der Waals surface area contributed by atoms with Crippen LogP contribution in [0.1, 0.15) is 25.5 Å². The van der Waals surface area contributed by atoms with Crippen LogP contribution in [0.3, 0.4) is 0 Å². The Kier molecular flexibility index (Phi) is 5.23. The number of likely N-dealkylation sites (tertiary alicyclic amines) is 1. The molecule has 2 saturated heterocycles. The van der Waals surface area contributed by atoms with Gasteiger partial charge in [0.1, 0.15) is 11.9 Å². The highest BCUT2D eigenvalue weighted by Crippen LogP contribution is 2.24. The molecule has 0 radical (unpaired) electrons. The number of nitrogens with one attached hydrogen (secondary N) is 1. The lowest BCUT2D eigenvalue weighted by Crippen LogP contribution is -2.51. The summed E-state index contributed by atoms with van der Waals surface area (Å²) in [7, 11) is 0. The summed E-state index contributed by atoms with van der Waals surface area (Å²) in [6.45, 7) is 4.86. The number of aromatic nitrogens is 2. The third-order valence-corrected chi connectivity index (χ3v) is 5.54. The highest BCUT2D eigenvalue weighted by atomic mass is 32.2. The molecule has 2 aliphatic heterocycles. The van der Waals surface area contributed by atoms with Gasteiger partial charge in [-0.15, -0.1) is 16.9 Å². The Hall–Kier alpha value is -1.83. The average molecular weight is 349 g/mol. The van der Waals surface area contributed by atoms with E-state index >= 15 is 0 Å². The maximum absolute atomic E-state index is 12.7. The Bertz CT molecular complexity index is 601. The van der Waals surface area contributed by atoms with E-state index in [1.54, 1.807) is 16.7 Å². The van der Waals surface area contributed by atoms with Crippen LogP contribution in [0.15, 0.2) is 12.1 Å². The molecule has 8 heteroatoms. The van der Waals surface area contributed by atoms with Gasteiger partial charge in [0.25, 0.3) is 0 Å². The topological polar surface area (TPSA) is 78.4 Å². The first-order valence-electron chi connectivity index (χ1n) is 8.25. The smallest absolute Gasteiger partial charge is 0.246 e. The lowest BCUT2D eigenvalue weighted by molar-refractivity contribution is -0.143. The number of rotatable bonds is 3. The zero-order valence-electron chi connectivity index (χ0n) is 14.1. The van der Waals surface area contributed by atoms with Gasteiger partial charge in [0.2, 0.25) is 11.8 Å². The number of piperidine rings is 1. The number of hydrogen-bond acceptors (Lipinski definition) is 6. The lowest BCUT2D eigenvalue weighted by atomic mass is 10.0. The quantitative estimate of drug-likeness (QED) is 0.881. The number of thioether (sulfide) groups is 1. The molecule has 7 nitrogen and oxygen atoms in total. The summed E-state index contributed by atoms with van der Waals surface area (Å²) in [5, 5.41) is 11.6. The van der Waals surface area contributed by atoms with Crippen LogP contribution in [0, 0.1) is 6.92 Å². The molecule has 0 spiro atoms. The number of anilines is 1. The molecule has 1 N–H and O–H groups in total. The second-order valence-electron chi connectivity index (χ2n) is 6.31. The summed E-state index contributed by atoms with van der Waals surface area (Å²) in [5.74, 6) is 2.17. The molecule has 0 aromatic carbocycles. The minimum Gasteiger partial charge on any atom is -0.366 e. The summed E-state index contributed by atoms with van der Waals surface area (Å²) >= 11 is 1.64. The molecule has 1 aromatic rings. The first-order chi connectivity index (χ1) is 11.5. The van der Waals surface area contributed by atoms with Crippen molar-refractivity contribution in [3.63, 3.8) is 0 Å². The second kappa shape index (κ2) is 7.38. The van der Waals surface area contributed by atoms with Gasteiger partial charge in [-0.25, -0.2) is 0 Å². The maximum atomic E-state index is 12.7. The molecule has 2 amide bonds. The van der Waals surface area contributed by atoms with Crippen molar-refractivity contribution >= 4 is 29.4 Å². The van der Waals surface area contributed by atoms with Gasteiger partial charge in [0, 0.05) is 31.8 Å². The van der Waals surface area contributed by atoms with Crippen molar-refractivity contribution < 1.29 is 9.59 Å². The van der Waals surface area contributed by atoms with E-state index in [0.29, 0.717) is 30.8 Å². The molecular formula is C16H23N5O2S. The number of carbonyl (C=O) groups is 2. The number of carbonyl (C=O) groups excluding carboxylic acids is 2. The van der Waals surface area contributed by atoms with Crippen LogP contribution < -0.4 is 5.32 Å². The van der Waals surface area contributed by atoms with Crippen LogP contribution >= 0.6 is 11.8 Å². The van der Waals surface area contributed by atoms with E-state index in [4.69, 9.17) is 0 Å². The Morgan fingerprint density at radius 2 is 2.00 bits per heavy atom. The molecule has 0 aliphatic carbocycles. The SMILES string of the molecule is CC(=O)N1CSCC1C(=O)N1CCC(Nc2ccc(C)nn2)CC1. The van der Waals surface area contributed by atoms with E-state index in [0.717, 1.165) is 24.4 Å². The second-order valence-corrected chi connectivity index (χ2v) is 7.31. The number of nitrogens with zero attached hydrogens (tertiary/aromatic N) is 4. The van der Waals surface area contributed by atoms with Crippen LogP contribution in [0.2, 0.25) is 0 Å². The molecule has 1 aromatic heterocycles. The highest BCUT2D eigenvalue weighted by Gasteiger charge is 2.36. The predicted molar refractivity (Wildman–Crippen MR) is 93.6 cm³/mol. The molecule has 2 aliphatic rings. The summed E-state index contributed by atoms with van der Waals surface area (Å²) in [5.41, 5.74) is 0.894. The van der Waals surface area contributed by atoms with Gasteiger partial charge < -0.3 is 15.1 Å². The predicted octanol–water partition coefficient (Wildman–Crippen LogP) is 1.11. The summed E-state index contributed by atoms with van der Waals surface area (Å²) in [6, 6.07) is 3.87. The van der Waals surface area contributed by atoms with E-state index in [1.807, 2.05) is 24.0 Å². The van der Waals surface area contributed by atoms with E-state index in [2.05, 4.69) is 15.5 Å². The van der Waals surface area contributed by atoms with Gasteiger partial charge in [0.05, 0.1) is 11.6 Å². The van der Waals surface area contributed by atoms with Crippen LogP contribution in [0.4, 0.5) is 5.82 Å². The van der Waals surface area contributed by atoms with Crippen molar-refractivity contribution in [3.8, 4) is 0 Å². The number of aryl methyl sites for hydroxylation is 1. The van der Waals surface area contributed by atoms with Gasteiger partial charge in [-0.05, 0) is 31.9 Å². The Morgan fingerprint density at radius 3 is 2.62 bits per heavy atom. The van der Waals surface area contributed by atoms with Gasteiger partial charge in [-0.2, -0.15) is 5.10 Å². The summed E-state index contributed by atoms with van der Waals surface area (Å²) < 4.78 is 0. The van der Waals surface area contributed by atoms with Crippen LogP contribution in [-0.4, -0.2) is 68.6 Å². The lowest BCUT2D eigenvalue weighted by Gasteiger charge is -2.35. The van der Waals surface area contributed by atoms with Crippen molar-refractivity contribution in [2.75, 3.05) is 30.0 Å². The van der Waals surface area contributed by atoms with E-state index < -0.39 is 0 Å². The molecular weight excluding hydrogens is 326 g/mol. The van der Waals surface area contributed by atoms with Crippen molar-refractivity contribution in [2.24, 2.45) is 0 Å². The van der Waals surface area contributed by atoms with Crippen LogP contribution in [0.25, 0.3) is 0 Å². The zero-order chi connectivity index (χ0) is 17.1. The summed E-state index contributed by atoms with van der Waals surface area (Å²) in [6.07, 6.45) is 1.75. The largest absolute Gasteiger partial charge is 0.366 e. The standard InChI is InChI=1S/C16H23N5O2S/c1-11-3-4-15(19-18-11)17-13-5-7-20(8-6-13)16(23)14-9-24-10-21(14)12(2)22/h3-4,13-14H,5-10H2,1-2H3,(H,17,19). The fraction of sp³-hybridized carbons (Fsp3) is 0.625. The monoisotopic (exact) mass is 349 g/mol. The molecule has 0 saturated carbocycles. The van der Waals surface area contributed by atoms with Gasteiger partial charge in [-0.3, -0.25) is 9.59 Å². The minimum absolute atomic E-state index is 0.0205. The molecule has 1 unspecified atom stereocenters. The Morgan fingerprint density at radius 1 is 1.25 bits per heavy atom. The molecule has 130 valence electrons. The fourth-order valence-electron chi connectivity index (χ4n) is 3.10. The third-order valence-electron chi connectivity index (χ3n) is 4.53. The highest BCUT2D eigenvalue weighted by molar-refractivity contribution is 7.99.